The van der Waals surface area contributed by atoms with E-state index in [2.05, 4.69) is 54.5 Å². The molecule has 0 saturated heterocycles. The number of nitrogens with zero attached hydrogens (tertiary/aromatic N) is 2. The fourth-order valence-electron chi connectivity index (χ4n) is 5.38. The van der Waals surface area contributed by atoms with E-state index >= 15 is 0 Å². The van der Waals surface area contributed by atoms with Crippen molar-refractivity contribution in [3.63, 3.8) is 0 Å². The van der Waals surface area contributed by atoms with E-state index in [0.29, 0.717) is 34.7 Å². The van der Waals surface area contributed by atoms with Crippen molar-refractivity contribution in [2.45, 2.75) is 57.3 Å². The van der Waals surface area contributed by atoms with Crippen LogP contribution in [0, 0.1) is 11.3 Å². The van der Waals surface area contributed by atoms with Gasteiger partial charge in [0.1, 0.15) is 5.52 Å². The highest BCUT2D eigenvalue weighted by Crippen LogP contribution is 2.39. The molecule has 0 bridgehead atoms. The van der Waals surface area contributed by atoms with Crippen LogP contribution in [0.1, 0.15) is 78.9 Å². The van der Waals surface area contributed by atoms with Gasteiger partial charge in [-0.15, -0.1) is 0 Å². The Labute approximate surface area is 212 Å². The third-order valence-corrected chi connectivity index (χ3v) is 7.45. The molecule has 1 fully saturated rings. The first kappa shape index (κ1) is 23.8. The van der Waals surface area contributed by atoms with Crippen LogP contribution in [0.15, 0.2) is 71.1 Å². The maximum absolute atomic E-state index is 13.1. The van der Waals surface area contributed by atoms with Crippen LogP contribution in [-0.4, -0.2) is 17.4 Å². The Bertz CT molecular complexity index is 1410. The minimum absolute atomic E-state index is 0.00368. The summed E-state index contributed by atoms with van der Waals surface area (Å²) in [6.45, 7) is 4.78. The summed E-state index contributed by atoms with van der Waals surface area (Å²) in [7, 11) is 0. The summed E-state index contributed by atoms with van der Waals surface area (Å²) < 4.78 is 6.11. The third-order valence-electron chi connectivity index (χ3n) is 7.45. The molecule has 5 rings (SSSR count). The molecular weight excluding hydrogens is 446 g/mol. The first-order valence-corrected chi connectivity index (χ1v) is 12.8. The van der Waals surface area contributed by atoms with Crippen LogP contribution in [0.2, 0.25) is 0 Å². The number of nitriles is 1. The van der Waals surface area contributed by atoms with Crippen LogP contribution >= 0.6 is 0 Å². The molecule has 0 aliphatic heterocycles. The number of carbonyl (C=O) groups is 1. The van der Waals surface area contributed by atoms with Gasteiger partial charge >= 0.3 is 0 Å². The lowest BCUT2D eigenvalue weighted by atomic mass is 9.69. The van der Waals surface area contributed by atoms with Crippen molar-refractivity contribution in [3.05, 3.63) is 89.0 Å². The molecule has 36 heavy (non-hydrogen) atoms. The Kier molecular flexibility index (Phi) is 6.61. The van der Waals surface area contributed by atoms with E-state index in [4.69, 9.17) is 4.42 Å². The number of nitrogens with one attached hydrogen (secondary N) is 1. The smallest absolute Gasteiger partial charge is 0.251 e. The summed E-state index contributed by atoms with van der Waals surface area (Å²) in [6.07, 6.45) is 5.84. The molecule has 4 aromatic rings. The van der Waals surface area contributed by atoms with Gasteiger partial charge in [0.15, 0.2) is 5.58 Å². The Morgan fingerprint density at radius 3 is 2.44 bits per heavy atom. The number of fused-ring (bicyclic) bond motifs is 1. The van der Waals surface area contributed by atoms with Gasteiger partial charge in [-0.1, -0.05) is 63.4 Å². The van der Waals surface area contributed by atoms with Gasteiger partial charge in [0, 0.05) is 28.7 Å². The molecule has 1 saturated carbocycles. The van der Waals surface area contributed by atoms with E-state index in [1.165, 1.54) is 24.8 Å². The van der Waals surface area contributed by atoms with Gasteiger partial charge in [-0.05, 0) is 60.7 Å². The number of aromatic nitrogens is 1. The van der Waals surface area contributed by atoms with Crippen molar-refractivity contribution in [1.82, 2.24) is 10.3 Å². The Morgan fingerprint density at radius 1 is 1.06 bits per heavy atom. The Morgan fingerprint density at radius 2 is 1.78 bits per heavy atom. The topological polar surface area (TPSA) is 78.9 Å². The van der Waals surface area contributed by atoms with Crippen LogP contribution in [0.3, 0.4) is 0 Å². The number of oxazole rings is 1. The highest BCUT2D eigenvalue weighted by Gasteiger charge is 2.34. The molecule has 1 aliphatic rings. The summed E-state index contributed by atoms with van der Waals surface area (Å²) >= 11 is 0. The lowest BCUT2D eigenvalue weighted by Crippen LogP contribution is -2.42. The summed E-state index contributed by atoms with van der Waals surface area (Å²) in [5.41, 5.74) is 5.65. The molecule has 5 nitrogen and oxygen atoms in total. The molecule has 0 spiro atoms. The Balaban J connectivity index is 1.34. The number of amides is 1. The van der Waals surface area contributed by atoms with Crippen LogP contribution in [-0.2, 0) is 5.41 Å². The molecule has 0 unspecified atom stereocenters. The molecular formula is C31H31N3O2. The molecule has 182 valence electrons. The van der Waals surface area contributed by atoms with E-state index in [1.807, 2.05) is 36.4 Å². The zero-order valence-corrected chi connectivity index (χ0v) is 20.9. The lowest BCUT2D eigenvalue weighted by molar-refractivity contribution is 0.0936. The zero-order chi connectivity index (χ0) is 25.1. The molecule has 1 heterocycles. The molecule has 1 N–H and O–H groups in total. The second-order valence-corrected chi connectivity index (χ2v) is 10.2. The summed E-state index contributed by atoms with van der Waals surface area (Å²) in [5, 5.41) is 12.6. The van der Waals surface area contributed by atoms with Crippen molar-refractivity contribution in [2.24, 2.45) is 0 Å². The van der Waals surface area contributed by atoms with Crippen molar-refractivity contribution >= 4 is 17.0 Å². The average Bonchev–Trinajstić information content (AvgIpc) is 3.36. The van der Waals surface area contributed by atoms with E-state index in [0.717, 1.165) is 24.0 Å². The fourth-order valence-corrected chi connectivity index (χ4v) is 5.38. The normalized spacial score (nSPS) is 15.1. The molecule has 1 aliphatic carbocycles. The number of hydrogen-bond donors (Lipinski definition) is 1. The molecule has 1 amide bonds. The van der Waals surface area contributed by atoms with E-state index in [1.54, 1.807) is 6.07 Å². The first-order chi connectivity index (χ1) is 17.5. The zero-order valence-electron chi connectivity index (χ0n) is 20.9. The van der Waals surface area contributed by atoms with Crippen LogP contribution in [0.25, 0.3) is 22.6 Å². The third kappa shape index (κ3) is 4.64. The van der Waals surface area contributed by atoms with Gasteiger partial charge in [-0.25, -0.2) is 4.98 Å². The van der Waals surface area contributed by atoms with Gasteiger partial charge in [0.2, 0.25) is 5.89 Å². The van der Waals surface area contributed by atoms with Gasteiger partial charge in [0.25, 0.3) is 5.91 Å². The number of carbonyl (C=O) groups excluding carboxylic acids is 1. The standard InChI is InChI=1S/C31H31N3O2/c1-21(2)26-17-22(19-32)18-27-28(26)36-30(34-27)24-13-11-23(12-14-24)29(35)33-20-31(15-7-4-8-16-31)25-9-5-3-6-10-25/h3,5-6,9-14,17-18,21H,4,7-8,15-16,20H2,1-2H3,(H,33,35). The first-order valence-electron chi connectivity index (χ1n) is 12.8. The van der Waals surface area contributed by atoms with Crippen LogP contribution in [0.5, 0.6) is 0 Å². The summed E-state index contributed by atoms with van der Waals surface area (Å²) in [5.74, 6) is 0.621. The molecule has 1 aromatic heterocycles. The Hall–Kier alpha value is -3.91. The van der Waals surface area contributed by atoms with E-state index in [9.17, 15) is 10.1 Å². The van der Waals surface area contributed by atoms with Crippen LogP contribution in [0.4, 0.5) is 0 Å². The lowest BCUT2D eigenvalue weighted by Gasteiger charge is -2.38. The van der Waals surface area contributed by atoms with Crippen molar-refractivity contribution in [2.75, 3.05) is 6.54 Å². The second kappa shape index (κ2) is 9.99. The van der Waals surface area contributed by atoms with Gasteiger partial charge in [-0.3, -0.25) is 4.79 Å². The molecule has 3 aromatic carbocycles. The predicted octanol–water partition coefficient (Wildman–Crippen LogP) is 7.12. The maximum Gasteiger partial charge on any atom is 0.251 e. The van der Waals surface area contributed by atoms with E-state index in [-0.39, 0.29) is 17.2 Å². The number of hydrogen-bond acceptors (Lipinski definition) is 4. The maximum atomic E-state index is 13.1. The molecule has 0 radical (unpaired) electrons. The highest BCUT2D eigenvalue weighted by atomic mass is 16.3. The SMILES string of the molecule is CC(C)c1cc(C#N)cc2nc(-c3ccc(C(=O)NCC4(c5ccccc5)CCCCC4)cc3)oc12. The fraction of sp³-hybridized carbons (Fsp3) is 0.323. The molecule has 0 atom stereocenters. The van der Waals surface area contributed by atoms with Crippen molar-refractivity contribution in [1.29, 1.82) is 5.26 Å². The number of benzene rings is 3. The minimum Gasteiger partial charge on any atom is -0.436 e. The van der Waals surface area contributed by atoms with Crippen LogP contribution < -0.4 is 5.32 Å². The second-order valence-electron chi connectivity index (χ2n) is 10.2. The highest BCUT2D eigenvalue weighted by molar-refractivity contribution is 5.94. The summed E-state index contributed by atoms with van der Waals surface area (Å²) in [4.78, 5) is 17.7. The van der Waals surface area contributed by atoms with E-state index < -0.39 is 0 Å². The average molecular weight is 478 g/mol. The van der Waals surface area contributed by atoms with Gasteiger partial charge in [-0.2, -0.15) is 5.26 Å². The monoisotopic (exact) mass is 477 g/mol. The van der Waals surface area contributed by atoms with Gasteiger partial charge < -0.3 is 9.73 Å². The minimum atomic E-state index is -0.0687. The van der Waals surface area contributed by atoms with Crippen molar-refractivity contribution in [3.8, 4) is 17.5 Å². The quantitative estimate of drug-likeness (QED) is 0.321. The largest absolute Gasteiger partial charge is 0.436 e. The molecule has 5 heteroatoms. The summed E-state index contributed by atoms with van der Waals surface area (Å²) in [6, 6.07) is 23.8. The number of rotatable bonds is 6. The predicted molar refractivity (Wildman–Crippen MR) is 142 cm³/mol. The van der Waals surface area contributed by atoms with Gasteiger partial charge in [0.05, 0.1) is 11.6 Å². The van der Waals surface area contributed by atoms with Crippen molar-refractivity contribution < 1.29 is 9.21 Å².